The van der Waals surface area contributed by atoms with Crippen molar-refractivity contribution in [3.8, 4) is 0 Å². The maximum absolute atomic E-state index is 10.4. The zero-order valence-corrected chi connectivity index (χ0v) is 8.20. The van der Waals surface area contributed by atoms with Gasteiger partial charge in [-0.2, -0.15) is 0 Å². The molecule has 76 valence electrons. The van der Waals surface area contributed by atoms with Gasteiger partial charge in [0.15, 0.2) is 0 Å². The van der Waals surface area contributed by atoms with Crippen LogP contribution in [0.25, 0.3) is 0 Å². The van der Waals surface area contributed by atoms with Crippen LogP contribution < -0.4 is 5.73 Å². The number of primary amides is 1. The quantitative estimate of drug-likeness (QED) is 0.588. The molecule has 1 amide bonds. The zero-order chi connectivity index (χ0) is 10.1. The molecule has 0 aliphatic carbocycles. The lowest BCUT2D eigenvalue weighted by molar-refractivity contribution is -0.118. The molecule has 0 bridgehead atoms. The molecule has 0 radical (unpaired) electrons. The smallest absolute Gasteiger partial charge is 0.217 e. The molecule has 0 saturated carbocycles. The largest absolute Gasteiger partial charge is 0.393 e. The Labute approximate surface area is 79.6 Å². The molecule has 0 spiro atoms. The van der Waals surface area contributed by atoms with Crippen molar-refractivity contribution in [3.05, 3.63) is 12.2 Å². The maximum Gasteiger partial charge on any atom is 0.217 e. The molecular weight excluding hydrogens is 166 g/mol. The highest BCUT2D eigenvalue weighted by molar-refractivity contribution is 5.73. The van der Waals surface area contributed by atoms with Crippen molar-refractivity contribution in [2.45, 2.75) is 45.1 Å². The minimum atomic E-state index is -0.394. The summed E-state index contributed by atoms with van der Waals surface area (Å²) in [4.78, 5) is 10.4. The summed E-state index contributed by atoms with van der Waals surface area (Å²) in [6.45, 7) is 2.07. The Bertz CT molecular complexity index is 166. The molecule has 0 rings (SSSR count). The Hall–Kier alpha value is -0.830. The van der Waals surface area contributed by atoms with Crippen LogP contribution in [0.4, 0.5) is 0 Å². The third-order valence-electron chi connectivity index (χ3n) is 1.79. The van der Waals surface area contributed by atoms with Gasteiger partial charge in [0.05, 0.1) is 6.10 Å². The van der Waals surface area contributed by atoms with E-state index in [0.717, 1.165) is 12.8 Å². The third-order valence-corrected chi connectivity index (χ3v) is 1.79. The molecule has 3 heteroatoms. The summed E-state index contributed by atoms with van der Waals surface area (Å²) in [5.41, 5.74) is 4.95. The van der Waals surface area contributed by atoms with Crippen molar-refractivity contribution in [2.75, 3.05) is 0 Å². The standard InChI is InChI=1S/C10H19NO2/c1-2-3-4-5-6-9(12)7-8-10(11)13/h3-4,9,12H,2,5-8H2,1H3,(H2,11,13). The first kappa shape index (κ1) is 12.2. The van der Waals surface area contributed by atoms with Crippen LogP contribution in [0.1, 0.15) is 39.0 Å². The number of aliphatic hydroxyl groups excluding tert-OH is 1. The van der Waals surface area contributed by atoms with Crippen molar-refractivity contribution >= 4 is 5.91 Å². The molecule has 0 aliphatic rings. The number of rotatable bonds is 7. The van der Waals surface area contributed by atoms with Crippen LogP contribution in [-0.2, 0) is 4.79 Å². The lowest BCUT2D eigenvalue weighted by Crippen LogP contribution is -2.15. The van der Waals surface area contributed by atoms with Gasteiger partial charge >= 0.3 is 0 Å². The van der Waals surface area contributed by atoms with Crippen LogP contribution >= 0.6 is 0 Å². The van der Waals surface area contributed by atoms with Gasteiger partial charge in [-0.1, -0.05) is 19.1 Å². The number of nitrogens with two attached hydrogens (primary N) is 1. The van der Waals surface area contributed by atoms with E-state index in [-0.39, 0.29) is 12.3 Å². The van der Waals surface area contributed by atoms with Crippen LogP contribution in [0, 0.1) is 0 Å². The van der Waals surface area contributed by atoms with Gasteiger partial charge in [-0.05, 0) is 25.7 Å². The number of hydrogen-bond donors (Lipinski definition) is 2. The third kappa shape index (κ3) is 9.08. The van der Waals surface area contributed by atoms with Crippen LogP contribution in [0.15, 0.2) is 12.2 Å². The summed E-state index contributed by atoms with van der Waals surface area (Å²) < 4.78 is 0. The van der Waals surface area contributed by atoms with E-state index in [1.807, 2.05) is 6.08 Å². The van der Waals surface area contributed by atoms with E-state index in [1.54, 1.807) is 0 Å². The maximum atomic E-state index is 10.4. The zero-order valence-electron chi connectivity index (χ0n) is 8.20. The highest BCUT2D eigenvalue weighted by Crippen LogP contribution is 2.05. The average Bonchev–Trinajstić information content (AvgIpc) is 2.09. The van der Waals surface area contributed by atoms with E-state index in [2.05, 4.69) is 13.0 Å². The Morgan fingerprint density at radius 2 is 2.15 bits per heavy atom. The fourth-order valence-electron chi connectivity index (χ4n) is 1.03. The summed E-state index contributed by atoms with van der Waals surface area (Å²) in [5.74, 6) is -0.344. The van der Waals surface area contributed by atoms with Crippen molar-refractivity contribution in [1.29, 1.82) is 0 Å². The minimum Gasteiger partial charge on any atom is -0.393 e. The summed E-state index contributed by atoms with van der Waals surface area (Å²) in [6.07, 6.45) is 7.09. The molecule has 1 unspecified atom stereocenters. The number of carbonyl (C=O) groups is 1. The lowest BCUT2D eigenvalue weighted by atomic mass is 10.1. The summed E-state index contributed by atoms with van der Waals surface area (Å²) in [6, 6.07) is 0. The highest BCUT2D eigenvalue weighted by Gasteiger charge is 2.04. The molecule has 0 saturated heterocycles. The Morgan fingerprint density at radius 1 is 1.46 bits per heavy atom. The van der Waals surface area contributed by atoms with E-state index in [0.29, 0.717) is 12.8 Å². The van der Waals surface area contributed by atoms with Crippen LogP contribution in [0.3, 0.4) is 0 Å². The number of amides is 1. The van der Waals surface area contributed by atoms with Crippen LogP contribution in [0.5, 0.6) is 0 Å². The van der Waals surface area contributed by atoms with Gasteiger partial charge in [0.25, 0.3) is 0 Å². The molecular formula is C10H19NO2. The molecule has 3 nitrogen and oxygen atoms in total. The van der Waals surface area contributed by atoms with Crippen molar-refractivity contribution in [1.82, 2.24) is 0 Å². The van der Waals surface area contributed by atoms with E-state index in [4.69, 9.17) is 5.73 Å². The van der Waals surface area contributed by atoms with Gasteiger partial charge in [-0.3, -0.25) is 4.79 Å². The first-order valence-electron chi connectivity index (χ1n) is 4.78. The second-order valence-corrected chi connectivity index (χ2v) is 3.12. The Kier molecular flexibility index (Phi) is 7.30. The van der Waals surface area contributed by atoms with Gasteiger partial charge in [0, 0.05) is 6.42 Å². The molecule has 0 aromatic carbocycles. The molecule has 1 atom stereocenters. The SMILES string of the molecule is CCC=CCCC(O)CCC(N)=O. The van der Waals surface area contributed by atoms with Gasteiger partial charge in [-0.15, -0.1) is 0 Å². The summed E-state index contributed by atoms with van der Waals surface area (Å²) in [7, 11) is 0. The van der Waals surface area contributed by atoms with E-state index >= 15 is 0 Å². The van der Waals surface area contributed by atoms with E-state index in [9.17, 15) is 9.90 Å². The topological polar surface area (TPSA) is 63.3 Å². The van der Waals surface area contributed by atoms with Crippen molar-refractivity contribution in [2.24, 2.45) is 5.73 Å². The molecule has 3 N–H and O–H groups in total. The second-order valence-electron chi connectivity index (χ2n) is 3.12. The molecule has 0 aliphatic heterocycles. The Morgan fingerprint density at radius 3 is 2.69 bits per heavy atom. The Balaban J connectivity index is 3.34. The molecule has 0 aromatic rings. The molecule has 13 heavy (non-hydrogen) atoms. The van der Waals surface area contributed by atoms with E-state index in [1.165, 1.54) is 0 Å². The highest BCUT2D eigenvalue weighted by atomic mass is 16.3. The summed E-state index contributed by atoms with van der Waals surface area (Å²) >= 11 is 0. The second kappa shape index (κ2) is 7.80. The fraction of sp³-hybridized carbons (Fsp3) is 0.700. The summed E-state index contributed by atoms with van der Waals surface area (Å²) in [5, 5.41) is 9.36. The van der Waals surface area contributed by atoms with Crippen molar-refractivity contribution < 1.29 is 9.90 Å². The number of allylic oxidation sites excluding steroid dienone is 2. The first-order chi connectivity index (χ1) is 6.16. The predicted octanol–water partition coefficient (Wildman–Crippen LogP) is 1.36. The van der Waals surface area contributed by atoms with Crippen LogP contribution in [-0.4, -0.2) is 17.1 Å². The normalized spacial score (nSPS) is 13.4. The fourth-order valence-corrected chi connectivity index (χ4v) is 1.03. The van der Waals surface area contributed by atoms with E-state index < -0.39 is 6.10 Å². The monoisotopic (exact) mass is 185 g/mol. The number of hydrogen-bond acceptors (Lipinski definition) is 2. The number of carbonyl (C=O) groups excluding carboxylic acids is 1. The van der Waals surface area contributed by atoms with Crippen LogP contribution in [0.2, 0.25) is 0 Å². The van der Waals surface area contributed by atoms with Gasteiger partial charge in [0.1, 0.15) is 0 Å². The molecule has 0 aromatic heterocycles. The van der Waals surface area contributed by atoms with Crippen molar-refractivity contribution in [3.63, 3.8) is 0 Å². The van der Waals surface area contributed by atoms with Gasteiger partial charge in [0.2, 0.25) is 5.91 Å². The molecule has 0 heterocycles. The first-order valence-corrected chi connectivity index (χ1v) is 4.78. The average molecular weight is 185 g/mol. The van der Waals surface area contributed by atoms with Gasteiger partial charge < -0.3 is 10.8 Å². The van der Waals surface area contributed by atoms with Gasteiger partial charge in [-0.25, -0.2) is 0 Å². The lowest BCUT2D eigenvalue weighted by Gasteiger charge is -2.06. The minimum absolute atomic E-state index is 0.276. The number of aliphatic hydroxyl groups is 1. The predicted molar refractivity (Wildman–Crippen MR) is 53.1 cm³/mol. The molecule has 0 fully saturated rings.